The quantitative estimate of drug-likeness (QED) is 0.814. The predicted molar refractivity (Wildman–Crippen MR) is 104 cm³/mol. The van der Waals surface area contributed by atoms with Crippen molar-refractivity contribution in [3.05, 3.63) is 57.8 Å². The molecule has 1 fully saturated rings. The number of aromatic nitrogens is 2. The van der Waals surface area contributed by atoms with Crippen LogP contribution in [0.15, 0.2) is 35.4 Å². The SMILES string of the molecule is Cc1ccc(OCC(=O)NCCn2cnc(C3CCCC3)cc2=O)cc1C. The minimum Gasteiger partial charge on any atom is -0.484 e. The van der Waals surface area contributed by atoms with Crippen LogP contribution >= 0.6 is 0 Å². The van der Waals surface area contributed by atoms with E-state index < -0.39 is 0 Å². The van der Waals surface area contributed by atoms with Gasteiger partial charge in [-0.1, -0.05) is 18.9 Å². The van der Waals surface area contributed by atoms with Gasteiger partial charge < -0.3 is 10.1 Å². The van der Waals surface area contributed by atoms with E-state index in [4.69, 9.17) is 4.74 Å². The van der Waals surface area contributed by atoms with E-state index in [-0.39, 0.29) is 18.1 Å². The summed E-state index contributed by atoms with van der Waals surface area (Å²) in [5.74, 6) is 0.891. The highest BCUT2D eigenvalue weighted by Crippen LogP contribution is 2.32. The van der Waals surface area contributed by atoms with Crippen LogP contribution in [0, 0.1) is 13.8 Å². The highest BCUT2D eigenvalue weighted by atomic mass is 16.5. The summed E-state index contributed by atoms with van der Waals surface area (Å²) in [7, 11) is 0. The second-order valence-corrected chi connectivity index (χ2v) is 7.21. The van der Waals surface area contributed by atoms with Crippen molar-refractivity contribution in [2.75, 3.05) is 13.2 Å². The van der Waals surface area contributed by atoms with Gasteiger partial charge in [0.05, 0.1) is 12.0 Å². The van der Waals surface area contributed by atoms with E-state index in [0.717, 1.165) is 24.1 Å². The fourth-order valence-electron chi connectivity index (χ4n) is 3.37. The third-order valence-electron chi connectivity index (χ3n) is 5.20. The largest absolute Gasteiger partial charge is 0.484 e. The van der Waals surface area contributed by atoms with Crippen molar-refractivity contribution in [1.82, 2.24) is 14.9 Å². The lowest BCUT2D eigenvalue weighted by atomic mass is 10.0. The number of benzene rings is 1. The Bertz CT molecular complexity index is 854. The number of hydrogen-bond acceptors (Lipinski definition) is 4. The van der Waals surface area contributed by atoms with Gasteiger partial charge in [0.1, 0.15) is 5.75 Å². The van der Waals surface area contributed by atoms with E-state index in [1.807, 2.05) is 32.0 Å². The van der Waals surface area contributed by atoms with E-state index in [2.05, 4.69) is 10.3 Å². The molecule has 2 aromatic rings. The third-order valence-corrected chi connectivity index (χ3v) is 5.20. The van der Waals surface area contributed by atoms with E-state index in [9.17, 15) is 9.59 Å². The Balaban J connectivity index is 1.44. The highest BCUT2D eigenvalue weighted by molar-refractivity contribution is 5.77. The van der Waals surface area contributed by atoms with Gasteiger partial charge in [0.25, 0.3) is 11.5 Å². The van der Waals surface area contributed by atoms with Crippen LogP contribution in [0.2, 0.25) is 0 Å². The summed E-state index contributed by atoms with van der Waals surface area (Å²) in [5.41, 5.74) is 3.15. The van der Waals surface area contributed by atoms with Crippen LogP contribution in [-0.2, 0) is 11.3 Å². The normalized spacial score (nSPS) is 14.3. The summed E-state index contributed by atoms with van der Waals surface area (Å²) in [6, 6.07) is 7.38. The highest BCUT2D eigenvalue weighted by Gasteiger charge is 2.18. The maximum atomic E-state index is 12.2. The van der Waals surface area contributed by atoms with Crippen molar-refractivity contribution in [2.45, 2.75) is 52.0 Å². The van der Waals surface area contributed by atoms with Crippen LogP contribution in [0.4, 0.5) is 0 Å². The number of nitrogens with one attached hydrogen (secondary N) is 1. The molecule has 144 valence electrons. The Morgan fingerprint density at radius 1 is 1.22 bits per heavy atom. The molecule has 1 heterocycles. The number of nitrogens with zero attached hydrogens (tertiary/aromatic N) is 2. The number of carbonyl (C=O) groups is 1. The van der Waals surface area contributed by atoms with Gasteiger partial charge >= 0.3 is 0 Å². The van der Waals surface area contributed by atoms with Gasteiger partial charge in [-0.25, -0.2) is 4.98 Å². The molecule has 0 saturated heterocycles. The van der Waals surface area contributed by atoms with Gasteiger partial charge in [0, 0.05) is 25.1 Å². The lowest BCUT2D eigenvalue weighted by molar-refractivity contribution is -0.123. The van der Waals surface area contributed by atoms with Gasteiger partial charge in [0.2, 0.25) is 0 Å². The predicted octanol–water partition coefficient (Wildman–Crippen LogP) is 2.71. The third kappa shape index (κ3) is 5.18. The van der Waals surface area contributed by atoms with Gasteiger partial charge in [-0.2, -0.15) is 0 Å². The minimum atomic E-state index is -0.211. The smallest absolute Gasteiger partial charge is 0.258 e. The first kappa shape index (κ1) is 19.1. The Labute approximate surface area is 159 Å². The zero-order chi connectivity index (χ0) is 19.2. The number of hydrogen-bond donors (Lipinski definition) is 1. The van der Waals surface area contributed by atoms with Crippen molar-refractivity contribution < 1.29 is 9.53 Å². The molecular weight excluding hydrogens is 342 g/mol. The standard InChI is InChI=1S/C21H27N3O3/c1-15-7-8-18(11-16(15)2)27-13-20(25)22-9-10-24-14-23-19(12-21(24)26)17-5-3-4-6-17/h7-8,11-12,14,17H,3-6,9-10,13H2,1-2H3,(H,22,25). The zero-order valence-corrected chi connectivity index (χ0v) is 16.0. The zero-order valence-electron chi connectivity index (χ0n) is 16.0. The molecule has 6 heteroatoms. The molecule has 6 nitrogen and oxygen atoms in total. The second-order valence-electron chi connectivity index (χ2n) is 7.21. The summed E-state index contributed by atoms with van der Waals surface area (Å²) in [6.07, 6.45) is 6.26. The summed E-state index contributed by atoms with van der Waals surface area (Å²) < 4.78 is 7.04. The molecule has 1 aromatic heterocycles. The molecule has 0 spiro atoms. The van der Waals surface area contributed by atoms with Crippen molar-refractivity contribution >= 4 is 5.91 Å². The number of rotatable bonds is 7. The molecule has 0 atom stereocenters. The fraction of sp³-hybridized carbons (Fsp3) is 0.476. The summed E-state index contributed by atoms with van der Waals surface area (Å²) in [5, 5.41) is 2.77. The molecule has 0 unspecified atom stereocenters. The number of carbonyl (C=O) groups excluding carboxylic acids is 1. The molecule has 3 rings (SSSR count). The van der Waals surface area contributed by atoms with Crippen LogP contribution in [0.25, 0.3) is 0 Å². The lowest BCUT2D eigenvalue weighted by Crippen LogP contribution is -2.33. The molecule has 0 aliphatic heterocycles. The van der Waals surface area contributed by atoms with E-state index in [1.54, 1.807) is 12.4 Å². The van der Waals surface area contributed by atoms with E-state index in [0.29, 0.717) is 24.8 Å². The molecule has 1 amide bonds. The maximum Gasteiger partial charge on any atom is 0.258 e. The second kappa shape index (κ2) is 8.84. The maximum absolute atomic E-state index is 12.2. The molecule has 1 N–H and O–H groups in total. The van der Waals surface area contributed by atoms with Crippen molar-refractivity contribution in [3.8, 4) is 5.75 Å². The summed E-state index contributed by atoms with van der Waals surface area (Å²) in [4.78, 5) is 28.6. The van der Waals surface area contributed by atoms with Crippen LogP contribution in [0.1, 0.15) is 48.4 Å². The van der Waals surface area contributed by atoms with Crippen molar-refractivity contribution in [3.63, 3.8) is 0 Å². The van der Waals surface area contributed by atoms with Crippen LogP contribution in [0.5, 0.6) is 5.75 Å². The van der Waals surface area contributed by atoms with Gasteiger partial charge in [-0.3, -0.25) is 14.2 Å². The molecule has 1 aliphatic rings. The number of ether oxygens (including phenoxy) is 1. The Morgan fingerprint density at radius 3 is 2.70 bits per heavy atom. The molecule has 0 bridgehead atoms. The number of aryl methyl sites for hydroxylation is 2. The monoisotopic (exact) mass is 369 g/mol. The fourth-order valence-corrected chi connectivity index (χ4v) is 3.37. The van der Waals surface area contributed by atoms with Gasteiger partial charge in [-0.05, 0) is 49.9 Å². The molecule has 1 aromatic carbocycles. The van der Waals surface area contributed by atoms with Crippen molar-refractivity contribution in [2.24, 2.45) is 0 Å². The van der Waals surface area contributed by atoms with E-state index >= 15 is 0 Å². The minimum absolute atomic E-state index is 0.0454. The molecule has 1 aliphatic carbocycles. The molecular formula is C21H27N3O3. The van der Waals surface area contributed by atoms with Gasteiger partial charge in [-0.15, -0.1) is 0 Å². The van der Waals surface area contributed by atoms with E-state index in [1.165, 1.54) is 23.0 Å². The first-order valence-electron chi connectivity index (χ1n) is 9.56. The van der Waals surface area contributed by atoms with Gasteiger partial charge in [0.15, 0.2) is 6.61 Å². The average Bonchev–Trinajstić information content (AvgIpc) is 3.19. The number of amides is 1. The Hall–Kier alpha value is -2.63. The first-order valence-corrected chi connectivity index (χ1v) is 9.56. The summed E-state index contributed by atoms with van der Waals surface area (Å²) in [6.45, 7) is 4.75. The van der Waals surface area contributed by atoms with Crippen molar-refractivity contribution in [1.29, 1.82) is 0 Å². The average molecular weight is 369 g/mol. The molecule has 0 radical (unpaired) electrons. The topological polar surface area (TPSA) is 73.2 Å². The summed E-state index contributed by atoms with van der Waals surface area (Å²) >= 11 is 0. The molecule has 27 heavy (non-hydrogen) atoms. The Kier molecular flexibility index (Phi) is 6.27. The first-order chi connectivity index (χ1) is 13.0. The van der Waals surface area contributed by atoms with Crippen LogP contribution in [-0.4, -0.2) is 28.6 Å². The Morgan fingerprint density at radius 2 is 2.00 bits per heavy atom. The van der Waals surface area contributed by atoms with Crippen LogP contribution in [0.3, 0.4) is 0 Å². The van der Waals surface area contributed by atoms with Crippen LogP contribution < -0.4 is 15.6 Å². The lowest BCUT2D eigenvalue weighted by Gasteiger charge is -2.11. The molecule has 1 saturated carbocycles.